The highest BCUT2D eigenvalue weighted by atomic mass is 19.1. The number of aliphatic hydroxyl groups excluding tert-OH is 1. The first kappa shape index (κ1) is 17.3. The summed E-state index contributed by atoms with van der Waals surface area (Å²) in [5.74, 6) is 0.146. The van der Waals surface area contributed by atoms with Crippen LogP contribution in [0.15, 0.2) is 47.1 Å². The fourth-order valence-electron chi connectivity index (χ4n) is 3.01. The molecule has 2 atom stereocenters. The van der Waals surface area contributed by atoms with Gasteiger partial charge < -0.3 is 25.1 Å². The highest BCUT2D eigenvalue weighted by molar-refractivity contribution is 5.74. The van der Waals surface area contributed by atoms with E-state index in [1.165, 1.54) is 18.4 Å². The summed E-state index contributed by atoms with van der Waals surface area (Å²) in [6, 6.07) is 9.44. The molecule has 0 radical (unpaired) electrons. The van der Waals surface area contributed by atoms with E-state index in [0.717, 1.165) is 25.1 Å². The molecule has 134 valence electrons. The molecule has 1 aliphatic heterocycles. The number of anilines is 1. The number of benzene rings is 1. The number of hydrogen-bond acceptors (Lipinski definition) is 4. The largest absolute Gasteiger partial charge is 0.467 e. The van der Waals surface area contributed by atoms with Gasteiger partial charge in [-0.15, -0.1) is 0 Å². The van der Waals surface area contributed by atoms with E-state index in [1.807, 2.05) is 6.07 Å². The molecule has 1 aliphatic rings. The van der Waals surface area contributed by atoms with Gasteiger partial charge in [0.1, 0.15) is 17.7 Å². The van der Waals surface area contributed by atoms with Crippen molar-refractivity contribution < 1.29 is 18.7 Å². The molecule has 3 rings (SSSR count). The van der Waals surface area contributed by atoms with Crippen LogP contribution >= 0.6 is 0 Å². The molecule has 0 bridgehead atoms. The molecule has 2 amide bonds. The third-order valence-corrected chi connectivity index (χ3v) is 4.26. The number of amides is 2. The van der Waals surface area contributed by atoms with Crippen molar-refractivity contribution in [2.24, 2.45) is 0 Å². The van der Waals surface area contributed by atoms with Crippen molar-refractivity contribution in [2.75, 3.05) is 24.5 Å². The molecule has 1 aromatic carbocycles. The summed E-state index contributed by atoms with van der Waals surface area (Å²) in [6.45, 7) is 1.53. The van der Waals surface area contributed by atoms with Gasteiger partial charge in [0.15, 0.2) is 0 Å². The number of aliphatic hydroxyl groups is 1. The molecule has 0 spiro atoms. The van der Waals surface area contributed by atoms with Gasteiger partial charge in [-0.05, 0) is 43.2 Å². The van der Waals surface area contributed by atoms with Crippen LogP contribution in [0.3, 0.4) is 0 Å². The average Bonchev–Trinajstić information content (AvgIpc) is 3.15. The van der Waals surface area contributed by atoms with Crippen LogP contribution in [0.2, 0.25) is 0 Å². The zero-order chi connectivity index (χ0) is 17.6. The third kappa shape index (κ3) is 4.73. The molecule has 0 aliphatic carbocycles. The minimum atomic E-state index is -0.879. The van der Waals surface area contributed by atoms with Crippen molar-refractivity contribution in [3.8, 4) is 0 Å². The summed E-state index contributed by atoms with van der Waals surface area (Å²) in [4.78, 5) is 14.1. The molecular formula is C18H22FN3O3. The zero-order valence-electron chi connectivity index (χ0n) is 13.8. The standard InChI is InChI=1S/C18H22FN3O3/c19-13-4-1-6-15(10-13)22-8-2-5-14(12-22)21-18(24)20-11-16(23)17-7-3-9-25-17/h1,3-4,6-7,9-10,14,16,23H,2,5,8,11-12H2,(H2,20,21,24). The lowest BCUT2D eigenvalue weighted by atomic mass is 10.0. The first-order chi connectivity index (χ1) is 12.1. The fraction of sp³-hybridized carbons (Fsp3) is 0.389. The van der Waals surface area contributed by atoms with Gasteiger partial charge in [0, 0.05) is 24.8 Å². The molecule has 2 heterocycles. The number of nitrogens with zero attached hydrogens (tertiary/aromatic N) is 1. The van der Waals surface area contributed by atoms with E-state index in [4.69, 9.17) is 4.42 Å². The molecule has 3 N–H and O–H groups in total. The van der Waals surface area contributed by atoms with E-state index in [1.54, 1.807) is 18.2 Å². The van der Waals surface area contributed by atoms with E-state index in [0.29, 0.717) is 12.3 Å². The third-order valence-electron chi connectivity index (χ3n) is 4.26. The maximum atomic E-state index is 13.4. The Hall–Kier alpha value is -2.54. The quantitative estimate of drug-likeness (QED) is 0.776. The molecule has 6 nitrogen and oxygen atoms in total. The summed E-state index contributed by atoms with van der Waals surface area (Å²) < 4.78 is 18.5. The van der Waals surface area contributed by atoms with Gasteiger partial charge in [-0.1, -0.05) is 6.07 Å². The summed E-state index contributed by atoms with van der Waals surface area (Å²) in [7, 11) is 0. The number of carbonyl (C=O) groups is 1. The van der Waals surface area contributed by atoms with Crippen molar-refractivity contribution in [3.63, 3.8) is 0 Å². The zero-order valence-corrected chi connectivity index (χ0v) is 13.8. The number of hydrogen-bond donors (Lipinski definition) is 3. The van der Waals surface area contributed by atoms with Gasteiger partial charge in [0.2, 0.25) is 0 Å². The summed E-state index contributed by atoms with van der Waals surface area (Å²) in [6.07, 6.45) is 2.37. The van der Waals surface area contributed by atoms with E-state index >= 15 is 0 Å². The number of rotatable bonds is 5. The van der Waals surface area contributed by atoms with Crippen molar-refractivity contribution in [3.05, 3.63) is 54.2 Å². The number of urea groups is 1. The van der Waals surface area contributed by atoms with Crippen LogP contribution < -0.4 is 15.5 Å². The fourth-order valence-corrected chi connectivity index (χ4v) is 3.01. The lowest BCUT2D eigenvalue weighted by Gasteiger charge is -2.34. The Balaban J connectivity index is 1.48. The van der Waals surface area contributed by atoms with Crippen LogP contribution in [-0.2, 0) is 0 Å². The van der Waals surface area contributed by atoms with Gasteiger partial charge >= 0.3 is 6.03 Å². The molecule has 0 saturated carbocycles. The van der Waals surface area contributed by atoms with Crippen LogP contribution in [-0.4, -0.2) is 36.8 Å². The lowest BCUT2D eigenvalue weighted by molar-refractivity contribution is 0.147. The Kier molecular flexibility index (Phi) is 5.55. The Morgan fingerprint density at radius 3 is 3.04 bits per heavy atom. The Labute approximate surface area is 145 Å². The van der Waals surface area contributed by atoms with Gasteiger partial charge in [0.25, 0.3) is 0 Å². The summed E-state index contributed by atoms with van der Waals surface area (Å²) in [5, 5.41) is 15.5. The van der Waals surface area contributed by atoms with E-state index in [2.05, 4.69) is 15.5 Å². The van der Waals surface area contributed by atoms with E-state index in [-0.39, 0.29) is 24.4 Å². The first-order valence-electron chi connectivity index (χ1n) is 8.38. The SMILES string of the molecule is O=C(NCC(O)c1ccco1)NC1CCCN(c2cccc(F)c2)C1. The Morgan fingerprint density at radius 2 is 2.28 bits per heavy atom. The molecule has 1 fully saturated rings. The van der Waals surface area contributed by atoms with E-state index < -0.39 is 6.10 Å². The van der Waals surface area contributed by atoms with Crippen LogP contribution in [0.1, 0.15) is 24.7 Å². The van der Waals surface area contributed by atoms with Gasteiger partial charge in [-0.2, -0.15) is 0 Å². The maximum absolute atomic E-state index is 13.4. The lowest BCUT2D eigenvalue weighted by Crippen LogP contribution is -2.51. The number of nitrogens with one attached hydrogen (secondary N) is 2. The topological polar surface area (TPSA) is 77.7 Å². The second-order valence-corrected chi connectivity index (χ2v) is 6.15. The Morgan fingerprint density at radius 1 is 1.40 bits per heavy atom. The second-order valence-electron chi connectivity index (χ2n) is 6.15. The van der Waals surface area contributed by atoms with Crippen LogP contribution in [0, 0.1) is 5.82 Å². The molecule has 2 unspecified atom stereocenters. The van der Waals surface area contributed by atoms with Gasteiger partial charge in [-0.3, -0.25) is 0 Å². The average molecular weight is 347 g/mol. The minimum absolute atomic E-state index is 0.0298. The van der Waals surface area contributed by atoms with E-state index in [9.17, 15) is 14.3 Å². The molecule has 1 saturated heterocycles. The van der Waals surface area contributed by atoms with Crippen LogP contribution in [0.5, 0.6) is 0 Å². The predicted molar refractivity (Wildman–Crippen MR) is 91.8 cm³/mol. The normalized spacial score (nSPS) is 18.6. The predicted octanol–water partition coefficient (Wildman–Crippen LogP) is 2.42. The molecule has 7 heteroatoms. The summed E-state index contributed by atoms with van der Waals surface area (Å²) >= 11 is 0. The van der Waals surface area contributed by atoms with Crippen molar-refractivity contribution >= 4 is 11.7 Å². The summed E-state index contributed by atoms with van der Waals surface area (Å²) in [5.41, 5.74) is 0.820. The number of piperidine rings is 1. The minimum Gasteiger partial charge on any atom is -0.467 e. The number of furan rings is 1. The number of carbonyl (C=O) groups excluding carboxylic acids is 1. The van der Waals surface area contributed by atoms with Crippen molar-refractivity contribution in [1.29, 1.82) is 0 Å². The molecule has 2 aromatic rings. The highest BCUT2D eigenvalue weighted by Gasteiger charge is 2.22. The van der Waals surface area contributed by atoms with Gasteiger partial charge in [-0.25, -0.2) is 9.18 Å². The molecule has 25 heavy (non-hydrogen) atoms. The van der Waals surface area contributed by atoms with Crippen LogP contribution in [0.4, 0.5) is 14.9 Å². The van der Waals surface area contributed by atoms with Gasteiger partial charge in [0.05, 0.1) is 12.8 Å². The molecule has 1 aromatic heterocycles. The monoisotopic (exact) mass is 347 g/mol. The first-order valence-corrected chi connectivity index (χ1v) is 8.38. The smallest absolute Gasteiger partial charge is 0.315 e. The van der Waals surface area contributed by atoms with Crippen molar-refractivity contribution in [2.45, 2.75) is 25.0 Å². The molecular weight excluding hydrogens is 325 g/mol. The van der Waals surface area contributed by atoms with Crippen LogP contribution in [0.25, 0.3) is 0 Å². The highest BCUT2D eigenvalue weighted by Crippen LogP contribution is 2.20. The maximum Gasteiger partial charge on any atom is 0.315 e. The number of halogens is 1. The second kappa shape index (κ2) is 8.02. The Bertz CT molecular complexity index is 693. The van der Waals surface area contributed by atoms with Crippen molar-refractivity contribution in [1.82, 2.24) is 10.6 Å².